The first kappa shape index (κ1) is 11.7. The van der Waals surface area contributed by atoms with E-state index in [4.69, 9.17) is 5.14 Å². The second-order valence-corrected chi connectivity index (χ2v) is 4.51. The van der Waals surface area contributed by atoms with Crippen molar-refractivity contribution in [2.24, 2.45) is 5.14 Å². The van der Waals surface area contributed by atoms with E-state index >= 15 is 0 Å². The Balaban J connectivity index is 3.54. The lowest BCUT2D eigenvalue weighted by Gasteiger charge is -2.08. The number of methoxy groups -OCH3 is 1. The Hall–Kier alpha value is -1.40. The van der Waals surface area contributed by atoms with Gasteiger partial charge in [0.15, 0.2) is 0 Å². The van der Waals surface area contributed by atoms with Gasteiger partial charge in [-0.05, 0) is 18.6 Å². The molecule has 2 N–H and O–H groups in total. The zero-order chi connectivity index (χ0) is 11.6. The number of aryl methyl sites for hydroxylation is 1. The number of benzene rings is 1. The molecule has 0 spiro atoms. The molecule has 1 rings (SSSR count). The quantitative estimate of drug-likeness (QED) is 0.745. The lowest BCUT2D eigenvalue weighted by molar-refractivity contribution is 0.0595. The lowest BCUT2D eigenvalue weighted by atomic mass is 10.1. The van der Waals surface area contributed by atoms with Crippen LogP contribution in [0.5, 0.6) is 0 Å². The van der Waals surface area contributed by atoms with Gasteiger partial charge in [0.05, 0.1) is 17.6 Å². The van der Waals surface area contributed by atoms with Crippen LogP contribution < -0.4 is 5.14 Å². The maximum atomic E-state index is 11.4. The van der Waals surface area contributed by atoms with Crippen LogP contribution in [0.3, 0.4) is 0 Å². The van der Waals surface area contributed by atoms with Crippen LogP contribution in [0.15, 0.2) is 23.1 Å². The molecule has 1 aromatic carbocycles. The molecule has 0 saturated carbocycles. The van der Waals surface area contributed by atoms with Crippen LogP contribution in [0.25, 0.3) is 0 Å². The SMILES string of the molecule is COC(=O)c1c(C)cccc1S(N)(=O)=O. The van der Waals surface area contributed by atoms with Gasteiger partial charge in [0.2, 0.25) is 10.0 Å². The molecular weight excluding hydrogens is 218 g/mol. The highest BCUT2D eigenvalue weighted by Gasteiger charge is 2.21. The third kappa shape index (κ3) is 2.34. The van der Waals surface area contributed by atoms with Crippen molar-refractivity contribution in [2.45, 2.75) is 11.8 Å². The van der Waals surface area contributed by atoms with Crippen LogP contribution in [-0.4, -0.2) is 21.5 Å². The van der Waals surface area contributed by atoms with Gasteiger partial charge >= 0.3 is 5.97 Å². The van der Waals surface area contributed by atoms with Crippen molar-refractivity contribution in [1.82, 2.24) is 0 Å². The number of ether oxygens (including phenoxy) is 1. The number of carbonyl (C=O) groups is 1. The van der Waals surface area contributed by atoms with Gasteiger partial charge in [-0.1, -0.05) is 12.1 Å². The van der Waals surface area contributed by atoms with Crippen LogP contribution >= 0.6 is 0 Å². The number of rotatable bonds is 2. The molecule has 0 bridgehead atoms. The largest absolute Gasteiger partial charge is 0.465 e. The summed E-state index contributed by atoms with van der Waals surface area (Å²) in [5, 5.41) is 4.98. The maximum absolute atomic E-state index is 11.4. The van der Waals surface area contributed by atoms with E-state index in [0.29, 0.717) is 5.56 Å². The van der Waals surface area contributed by atoms with Crippen molar-refractivity contribution < 1.29 is 17.9 Å². The van der Waals surface area contributed by atoms with Crippen molar-refractivity contribution in [2.75, 3.05) is 7.11 Å². The van der Waals surface area contributed by atoms with E-state index in [9.17, 15) is 13.2 Å². The molecule has 0 aliphatic heterocycles. The van der Waals surface area contributed by atoms with Crippen LogP contribution in [0.2, 0.25) is 0 Å². The molecule has 0 aliphatic rings. The fourth-order valence-corrected chi connectivity index (χ4v) is 2.04. The molecular formula is C9H11NO4S. The molecule has 1 aromatic rings. The molecule has 0 unspecified atom stereocenters. The van der Waals surface area contributed by atoms with Crippen molar-refractivity contribution in [1.29, 1.82) is 0 Å². The molecule has 0 heterocycles. The summed E-state index contributed by atoms with van der Waals surface area (Å²) in [6.45, 7) is 1.61. The average Bonchev–Trinajstić information content (AvgIpc) is 2.15. The number of primary sulfonamides is 1. The summed E-state index contributed by atoms with van der Waals surface area (Å²) < 4.78 is 26.9. The third-order valence-corrected chi connectivity index (χ3v) is 2.88. The topological polar surface area (TPSA) is 86.5 Å². The average molecular weight is 229 g/mol. The number of hydrogen-bond donors (Lipinski definition) is 1. The Labute approximate surface area is 87.9 Å². The van der Waals surface area contributed by atoms with Crippen molar-refractivity contribution in [3.05, 3.63) is 29.3 Å². The van der Waals surface area contributed by atoms with Gasteiger partial charge in [-0.2, -0.15) is 0 Å². The highest BCUT2D eigenvalue weighted by atomic mass is 32.2. The minimum atomic E-state index is -3.91. The van der Waals surface area contributed by atoms with E-state index in [1.54, 1.807) is 13.0 Å². The first-order valence-corrected chi connectivity index (χ1v) is 5.63. The standard InChI is InChI=1S/C9H11NO4S/c1-6-4-3-5-7(15(10,12)13)8(6)9(11)14-2/h3-5H,1-2H3,(H2,10,12,13). The summed E-state index contributed by atoms with van der Waals surface area (Å²) in [5.41, 5.74) is 0.496. The van der Waals surface area contributed by atoms with E-state index in [1.165, 1.54) is 19.2 Å². The van der Waals surface area contributed by atoms with Crippen LogP contribution in [0.1, 0.15) is 15.9 Å². The summed E-state index contributed by atoms with van der Waals surface area (Å²) in [7, 11) is -2.73. The van der Waals surface area contributed by atoms with Crippen molar-refractivity contribution >= 4 is 16.0 Å². The third-order valence-electron chi connectivity index (χ3n) is 1.93. The molecule has 0 radical (unpaired) electrons. The van der Waals surface area contributed by atoms with Gasteiger partial charge < -0.3 is 4.74 Å². The monoisotopic (exact) mass is 229 g/mol. The van der Waals surface area contributed by atoms with Gasteiger partial charge in [-0.15, -0.1) is 0 Å². The number of hydrogen-bond acceptors (Lipinski definition) is 4. The molecule has 5 nitrogen and oxygen atoms in total. The van der Waals surface area contributed by atoms with Crippen LogP contribution in [0.4, 0.5) is 0 Å². The molecule has 6 heteroatoms. The number of nitrogens with two attached hydrogens (primary N) is 1. The highest BCUT2D eigenvalue weighted by Crippen LogP contribution is 2.18. The number of sulfonamides is 1. The Morgan fingerprint density at radius 1 is 1.40 bits per heavy atom. The Kier molecular flexibility index (Phi) is 3.11. The first-order valence-electron chi connectivity index (χ1n) is 4.08. The van der Waals surface area contributed by atoms with E-state index in [2.05, 4.69) is 4.74 Å². The molecule has 82 valence electrons. The summed E-state index contributed by atoms with van der Waals surface area (Å²) in [4.78, 5) is 11.1. The number of esters is 1. The molecule has 0 fully saturated rings. The maximum Gasteiger partial charge on any atom is 0.339 e. The molecule has 0 amide bonds. The van der Waals surface area contributed by atoms with Gasteiger partial charge in [0.1, 0.15) is 0 Å². The summed E-state index contributed by atoms with van der Waals surface area (Å²) in [6.07, 6.45) is 0. The smallest absolute Gasteiger partial charge is 0.339 e. The molecule has 0 atom stereocenters. The predicted molar refractivity (Wildman–Crippen MR) is 53.9 cm³/mol. The van der Waals surface area contributed by atoms with Gasteiger partial charge in [-0.25, -0.2) is 18.4 Å². The second-order valence-electron chi connectivity index (χ2n) is 2.98. The summed E-state index contributed by atoms with van der Waals surface area (Å²) in [6, 6.07) is 4.40. The second kappa shape index (κ2) is 4.00. The van der Waals surface area contributed by atoms with E-state index in [1.807, 2.05) is 0 Å². The minimum absolute atomic E-state index is 0.0116. The first-order chi connectivity index (χ1) is 6.88. The molecule has 15 heavy (non-hydrogen) atoms. The molecule has 0 saturated heterocycles. The van der Waals surface area contributed by atoms with Gasteiger partial charge in [0, 0.05) is 0 Å². The fourth-order valence-electron chi connectivity index (χ4n) is 1.24. The van der Waals surface area contributed by atoms with E-state index < -0.39 is 16.0 Å². The normalized spacial score (nSPS) is 11.1. The zero-order valence-corrected chi connectivity index (χ0v) is 9.17. The van der Waals surface area contributed by atoms with Gasteiger partial charge in [0.25, 0.3) is 0 Å². The molecule has 0 aliphatic carbocycles. The Morgan fingerprint density at radius 3 is 2.47 bits per heavy atom. The van der Waals surface area contributed by atoms with Crippen molar-refractivity contribution in [3.8, 4) is 0 Å². The minimum Gasteiger partial charge on any atom is -0.465 e. The zero-order valence-electron chi connectivity index (χ0n) is 8.35. The van der Waals surface area contributed by atoms with Gasteiger partial charge in [-0.3, -0.25) is 0 Å². The van der Waals surface area contributed by atoms with Crippen molar-refractivity contribution in [3.63, 3.8) is 0 Å². The van der Waals surface area contributed by atoms with E-state index in [-0.39, 0.29) is 10.5 Å². The predicted octanol–water partition coefficient (Wildman–Crippen LogP) is 0.429. The van der Waals surface area contributed by atoms with E-state index in [0.717, 1.165) is 0 Å². The Bertz CT molecular complexity index is 493. The lowest BCUT2D eigenvalue weighted by Crippen LogP contribution is -2.18. The van der Waals surface area contributed by atoms with Crippen LogP contribution in [-0.2, 0) is 14.8 Å². The summed E-state index contributed by atoms with van der Waals surface area (Å²) >= 11 is 0. The Morgan fingerprint density at radius 2 is 2.00 bits per heavy atom. The fraction of sp³-hybridized carbons (Fsp3) is 0.222. The number of carbonyl (C=O) groups excluding carboxylic acids is 1. The van der Waals surface area contributed by atoms with Crippen LogP contribution in [0, 0.1) is 6.92 Å². The molecule has 0 aromatic heterocycles. The highest BCUT2D eigenvalue weighted by molar-refractivity contribution is 7.89. The summed E-state index contributed by atoms with van der Waals surface area (Å²) in [5.74, 6) is -0.711.